The number of hydrogen-bond acceptors (Lipinski definition) is 5. The standard InChI is InChI=1S/C22H20FN5O3/c23-16-4-6-17(7-5-16)28-20(29)9-8-18(26-28)22(31)27-13-10-15(11-14-27)21(30)25-19-3-1-2-12-24-19/h1-9,12,15H,10-11,13-14H2,(H,24,25,30). The molecule has 4 rings (SSSR count). The van der Waals surface area contributed by atoms with Gasteiger partial charge in [0.2, 0.25) is 5.91 Å². The molecule has 3 heterocycles. The zero-order valence-electron chi connectivity index (χ0n) is 16.6. The Hall–Kier alpha value is -3.88. The number of aromatic nitrogens is 3. The van der Waals surface area contributed by atoms with Gasteiger partial charge in [-0.25, -0.2) is 9.37 Å². The molecule has 0 spiro atoms. The van der Waals surface area contributed by atoms with Crippen LogP contribution in [0.15, 0.2) is 65.6 Å². The number of anilines is 1. The third-order valence-electron chi connectivity index (χ3n) is 5.16. The lowest BCUT2D eigenvalue weighted by atomic mass is 9.95. The molecule has 0 radical (unpaired) electrons. The Balaban J connectivity index is 1.42. The van der Waals surface area contributed by atoms with Crippen LogP contribution in [0.4, 0.5) is 10.2 Å². The number of amides is 2. The molecule has 1 aromatic carbocycles. The molecule has 0 bridgehead atoms. The van der Waals surface area contributed by atoms with Crippen molar-refractivity contribution in [3.8, 4) is 5.69 Å². The van der Waals surface area contributed by atoms with Crippen molar-refractivity contribution >= 4 is 17.6 Å². The SMILES string of the molecule is O=C(Nc1ccccn1)C1CCN(C(=O)c2ccc(=O)n(-c3ccc(F)cc3)n2)CC1. The molecule has 31 heavy (non-hydrogen) atoms. The summed E-state index contributed by atoms with van der Waals surface area (Å²) in [5.74, 6) is -0.586. The number of benzene rings is 1. The van der Waals surface area contributed by atoms with Crippen molar-refractivity contribution in [2.45, 2.75) is 12.8 Å². The molecule has 158 valence electrons. The highest BCUT2D eigenvalue weighted by atomic mass is 19.1. The number of halogens is 1. The van der Waals surface area contributed by atoms with Crippen LogP contribution in [0.3, 0.4) is 0 Å². The molecule has 9 heteroatoms. The van der Waals surface area contributed by atoms with Gasteiger partial charge < -0.3 is 10.2 Å². The fourth-order valence-electron chi connectivity index (χ4n) is 3.46. The topological polar surface area (TPSA) is 97.2 Å². The molecule has 2 amide bonds. The van der Waals surface area contributed by atoms with Crippen molar-refractivity contribution in [1.29, 1.82) is 0 Å². The lowest BCUT2D eigenvalue weighted by Gasteiger charge is -2.31. The number of nitrogens with zero attached hydrogens (tertiary/aromatic N) is 4. The first-order valence-electron chi connectivity index (χ1n) is 9.89. The first kappa shape index (κ1) is 20.4. The third-order valence-corrected chi connectivity index (χ3v) is 5.16. The molecule has 1 saturated heterocycles. The Kier molecular flexibility index (Phi) is 5.83. The van der Waals surface area contributed by atoms with E-state index in [9.17, 15) is 18.8 Å². The minimum Gasteiger partial charge on any atom is -0.337 e. The minimum atomic E-state index is -0.431. The molecule has 0 unspecified atom stereocenters. The zero-order valence-corrected chi connectivity index (χ0v) is 16.6. The Morgan fingerprint density at radius 3 is 2.42 bits per heavy atom. The van der Waals surface area contributed by atoms with Crippen molar-refractivity contribution in [1.82, 2.24) is 19.7 Å². The van der Waals surface area contributed by atoms with Crippen LogP contribution in [0.1, 0.15) is 23.3 Å². The Labute approximate surface area is 177 Å². The van der Waals surface area contributed by atoms with Gasteiger partial charge in [-0.3, -0.25) is 14.4 Å². The highest BCUT2D eigenvalue weighted by molar-refractivity contribution is 5.93. The van der Waals surface area contributed by atoms with Crippen molar-refractivity contribution in [2.24, 2.45) is 5.92 Å². The maximum absolute atomic E-state index is 13.2. The smallest absolute Gasteiger partial charge is 0.274 e. The quantitative estimate of drug-likeness (QED) is 0.697. The van der Waals surface area contributed by atoms with Gasteiger partial charge in [-0.2, -0.15) is 9.78 Å². The summed E-state index contributed by atoms with van der Waals surface area (Å²) in [6.45, 7) is 0.799. The lowest BCUT2D eigenvalue weighted by Crippen LogP contribution is -2.42. The molecular formula is C22H20FN5O3. The maximum Gasteiger partial charge on any atom is 0.274 e. The van der Waals surface area contributed by atoms with Crippen molar-refractivity contribution < 1.29 is 14.0 Å². The molecule has 1 N–H and O–H groups in total. The summed E-state index contributed by atoms with van der Waals surface area (Å²) in [6.07, 6.45) is 2.64. The van der Waals surface area contributed by atoms with E-state index in [0.29, 0.717) is 37.4 Å². The van der Waals surface area contributed by atoms with E-state index in [1.165, 1.54) is 36.4 Å². The van der Waals surface area contributed by atoms with E-state index in [2.05, 4.69) is 15.4 Å². The fraction of sp³-hybridized carbons (Fsp3) is 0.227. The van der Waals surface area contributed by atoms with Crippen LogP contribution < -0.4 is 10.9 Å². The average Bonchev–Trinajstić information content (AvgIpc) is 2.80. The summed E-state index contributed by atoms with van der Waals surface area (Å²) < 4.78 is 14.2. The van der Waals surface area contributed by atoms with Crippen molar-refractivity contribution in [3.05, 3.63) is 82.7 Å². The first-order valence-corrected chi connectivity index (χ1v) is 9.89. The van der Waals surface area contributed by atoms with Gasteiger partial charge in [-0.15, -0.1) is 0 Å². The summed E-state index contributed by atoms with van der Waals surface area (Å²) in [5.41, 5.74) is 0.0549. The second-order valence-electron chi connectivity index (χ2n) is 7.22. The van der Waals surface area contributed by atoms with Gasteiger partial charge in [0, 0.05) is 31.3 Å². The Bertz CT molecular complexity index is 1140. The van der Waals surface area contributed by atoms with Gasteiger partial charge in [0.25, 0.3) is 11.5 Å². The number of pyridine rings is 1. The van der Waals surface area contributed by atoms with Gasteiger partial charge in [0.05, 0.1) is 5.69 Å². The lowest BCUT2D eigenvalue weighted by molar-refractivity contribution is -0.121. The van der Waals surface area contributed by atoms with E-state index in [1.54, 1.807) is 29.3 Å². The number of likely N-dealkylation sites (tertiary alicyclic amines) is 1. The van der Waals surface area contributed by atoms with Gasteiger partial charge in [0.15, 0.2) is 0 Å². The largest absolute Gasteiger partial charge is 0.337 e. The molecule has 0 atom stereocenters. The highest BCUT2D eigenvalue weighted by Crippen LogP contribution is 2.20. The number of rotatable bonds is 4. The highest BCUT2D eigenvalue weighted by Gasteiger charge is 2.28. The van der Waals surface area contributed by atoms with Crippen molar-refractivity contribution in [3.63, 3.8) is 0 Å². The summed E-state index contributed by atoms with van der Waals surface area (Å²) in [5, 5.41) is 6.95. The van der Waals surface area contributed by atoms with Gasteiger partial charge in [-0.1, -0.05) is 6.07 Å². The molecule has 1 fully saturated rings. The first-order chi connectivity index (χ1) is 15.0. The zero-order chi connectivity index (χ0) is 21.8. The summed E-state index contributed by atoms with van der Waals surface area (Å²) in [6, 6.07) is 13.2. The van der Waals surface area contributed by atoms with E-state index in [4.69, 9.17) is 0 Å². The molecule has 8 nitrogen and oxygen atoms in total. The van der Waals surface area contributed by atoms with E-state index >= 15 is 0 Å². The van der Waals surface area contributed by atoms with E-state index in [1.807, 2.05) is 0 Å². The molecular weight excluding hydrogens is 401 g/mol. The van der Waals surface area contributed by atoms with Crippen LogP contribution in [0.5, 0.6) is 0 Å². The predicted octanol–water partition coefficient (Wildman–Crippen LogP) is 2.26. The Morgan fingerprint density at radius 2 is 1.74 bits per heavy atom. The van der Waals surface area contributed by atoms with Crippen LogP contribution in [0, 0.1) is 11.7 Å². The molecule has 1 aliphatic rings. The monoisotopic (exact) mass is 421 g/mol. The molecule has 1 aliphatic heterocycles. The molecule has 2 aromatic heterocycles. The second kappa shape index (κ2) is 8.86. The second-order valence-corrected chi connectivity index (χ2v) is 7.22. The third kappa shape index (κ3) is 4.66. The normalized spacial score (nSPS) is 14.3. The van der Waals surface area contributed by atoms with Crippen LogP contribution in [-0.4, -0.2) is 44.6 Å². The van der Waals surface area contributed by atoms with Crippen LogP contribution in [0.25, 0.3) is 5.69 Å². The van der Waals surface area contributed by atoms with Gasteiger partial charge >= 0.3 is 0 Å². The predicted molar refractivity (Wildman–Crippen MR) is 111 cm³/mol. The van der Waals surface area contributed by atoms with E-state index in [0.717, 1.165) is 4.68 Å². The average molecular weight is 421 g/mol. The van der Waals surface area contributed by atoms with Crippen molar-refractivity contribution in [2.75, 3.05) is 18.4 Å². The number of carbonyl (C=O) groups is 2. The van der Waals surface area contributed by atoms with Crippen LogP contribution in [0.2, 0.25) is 0 Å². The number of nitrogens with one attached hydrogen (secondary N) is 1. The summed E-state index contributed by atoms with van der Waals surface area (Å²) >= 11 is 0. The maximum atomic E-state index is 13.2. The molecule has 0 saturated carbocycles. The van der Waals surface area contributed by atoms with Crippen LogP contribution >= 0.6 is 0 Å². The summed E-state index contributed by atoms with van der Waals surface area (Å²) in [4.78, 5) is 43.2. The minimum absolute atomic E-state index is 0.111. The number of hydrogen-bond donors (Lipinski definition) is 1. The Morgan fingerprint density at radius 1 is 1.00 bits per heavy atom. The van der Waals surface area contributed by atoms with E-state index < -0.39 is 11.4 Å². The molecule has 3 aromatic rings. The van der Waals surface area contributed by atoms with Gasteiger partial charge in [-0.05, 0) is 55.3 Å². The number of carbonyl (C=O) groups excluding carboxylic acids is 2. The van der Waals surface area contributed by atoms with E-state index in [-0.39, 0.29) is 23.4 Å². The van der Waals surface area contributed by atoms with Crippen LogP contribution in [-0.2, 0) is 4.79 Å². The summed E-state index contributed by atoms with van der Waals surface area (Å²) in [7, 11) is 0. The fourth-order valence-corrected chi connectivity index (χ4v) is 3.46. The molecule has 0 aliphatic carbocycles. The van der Waals surface area contributed by atoms with Gasteiger partial charge in [0.1, 0.15) is 17.3 Å². The number of piperidine rings is 1.